The molecule has 0 unspecified atom stereocenters. The molecule has 0 heterocycles. The summed E-state index contributed by atoms with van der Waals surface area (Å²) < 4.78 is 35.9. The van der Waals surface area contributed by atoms with Gasteiger partial charge >= 0.3 is 5.51 Å². The summed E-state index contributed by atoms with van der Waals surface area (Å²) in [6.07, 6.45) is 0. The number of alkyl halides is 3. The van der Waals surface area contributed by atoms with Crippen LogP contribution >= 0.6 is 11.8 Å². The molecule has 0 aliphatic rings. The fourth-order valence-electron chi connectivity index (χ4n) is 1.53. The van der Waals surface area contributed by atoms with Crippen LogP contribution in [-0.4, -0.2) is 30.3 Å². The lowest BCUT2D eigenvalue weighted by atomic mass is 10.0. The van der Waals surface area contributed by atoms with Crippen LogP contribution in [0.5, 0.6) is 0 Å². The number of carbonyl (C=O) groups excluding carboxylic acids is 1. The minimum atomic E-state index is -4.29. The van der Waals surface area contributed by atoms with E-state index in [1.54, 1.807) is 18.2 Å². The number of thioether (sulfide) groups is 1. The van der Waals surface area contributed by atoms with Gasteiger partial charge in [0.05, 0.1) is 12.1 Å². The first-order valence-corrected chi connectivity index (χ1v) is 7.10. The third-order valence-electron chi connectivity index (χ3n) is 2.40. The summed E-state index contributed by atoms with van der Waals surface area (Å²) in [7, 11) is 0. The Morgan fingerprint density at radius 1 is 1.43 bits per heavy atom. The normalized spacial score (nSPS) is 10.7. The fraction of sp³-hybridized carbons (Fsp3) is 0.357. The van der Waals surface area contributed by atoms with E-state index < -0.39 is 11.4 Å². The topological polar surface area (TPSA) is 55.1 Å². The quantitative estimate of drug-likeness (QED) is 0.662. The Labute approximate surface area is 125 Å². The first-order chi connectivity index (χ1) is 9.83. The molecule has 0 atom stereocenters. The molecule has 3 nitrogen and oxygen atoms in total. The molecule has 7 heteroatoms. The van der Waals surface area contributed by atoms with E-state index in [1.165, 1.54) is 0 Å². The first-order valence-electron chi connectivity index (χ1n) is 6.12. The van der Waals surface area contributed by atoms with Gasteiger partial charge in [0, 0.05) is 17.9 Å². The van der Waals surface area contributed by atoms with Gasteiger partial charge in [-0.2, -0.15) is 13.2 Å². The van der Waals surface area contributed by atoms with E-state index in [0.29, 0.717) is 11.1 Å². The summed E-state index contributed by atoms with van der Waals surface area (Å²) in [4.78, 5) is 12.0. The SMILES string of the molecule is Cc1ccc(C(=O)NCCSC(F)(F)F)c(C#CCN)c1. The average Bonchev–Trinajstić information content (AvgIpc) is 2.40. The molecule has 1 rings (SSSR count). The summed E-state index contributed by atoms with van der Waals surface area (Å²) in [5.41, 5.74) is 2.79. The van der Waals surface area contributed by atoms with E-state index in [2.05, 4.69) is 17.2 Å². The molecule has 0 radical (unpaired) electrons. The number of nitrogens with two attached hydrogens (primary N) is 1. The van der Waals surface area contributed by atoms with Gasteiger partial charge in [0.1, 0.15) is 0 Å². The van der Waals surface area contributed by atoms with E-state index in [0.717, 1.165) is 5.56 Å². The van der Waals surface area contributed by atoms with Crippen LogP contribution in [-0.2, 0) is 0 Å². The largest absolute Gasteiger partial charge is 0.441 e. The second-order valence-corrected chi connectivity index (χ2v) is 5.26. The molecule has 0 aliphatic heterocycles. The third kappa shape index (κ3) is 6.56. The Morgan fingerprint density at radius 2 is 2.14 bits per heavy atom. The lowest BCUT2D eigenvalue weighted by Gasteiger charge is -2.09. The zero-order valence-electron chi connectivity index (χ0n) is 11.4. The Kier molecular flexibility index (Phi) is 6.59. The number of carbonyl (C=O) groups is 1. The van der Waals surface area contributed by atoms with Gasteiger partial charge in [0.15, 0.2) is 0 Å². The third-order valence-corrected chi connectivity index (χ3v) is 3.13. The number of amides is 1. The highest BCUT2D eigenvalue weighted by atomic mass is 32.2. The van der Waals surface area contributed by atoms with Crippen molar-refractivity contribution in [1.82, 2.24) is 5.32 Å². The molecule has 0 saturated carbocycles. The van der Waals surface area contributed by atoms with Gasteiger partial charge in [-0.15, -0.1) is 0 Å². The van der Waals surface area contributed by atoms with Crippen LogP contribution in [0.1, 0.15) is 21.5 Å². The maximum Gasteiger partial charge on any atom is 0.441 e. The van der Waals surface area contributed by atoms with Crippen LogP contribution in [0.2, 0.25) is 0 Å². The number of rotatable bonds is 4. The minimum Gasteiger partial charge on any atom is -0.351 e. The zero-order valence-corrected chi connectivity index (χ0v) is 12.2. The molecule has 1 amide bonds. The minimum absolute atomic E-state index is 0.0688. The highest BCUT2D eigenvalue weighted by molar-refractivity contribution is 8.00. The summed E-state index contributed by atoms with van der Waals surface area (Å²) in [5.74, 6) is 4.77. The van der Waals surface area contributed by atoms with Crippen LogP contribution in [0.3, 0.4) is 0 Å². The molecule has 0 saturated heterocycles. The van der Waals surface area contributed by atoms with Gasteiger partial charge in [0.25, 0.3) is 5.91 Å². The Hall–Kier alpha value is -1.65. The van der Waals surface area contributed by atoms with E-state index >= 15 is 0 Å². The molecule has 0 fully saturated rings. The molecule has 0 spiro atoms. The van der Waals surface area contributed by atoms with E-state index in [9.17, 15) is 18.0 Å². The highest BCUT2D eigenvalue weighted by Gasteiger charge is 2.27. The van der Waals surface area contributed by atoms with Crippen LogP contribution in [0.15, 0.2) is 18.2 Å². The fourth-order valence-corrected chi connectivity index (χ4v) is 1.97. The summed E-state index contributed by atoms with van der Waals surface area (Å²) >= 11 is -0.168. The number of hydrogen-bond donors (Lipinski definition) is 2. The Balaban J connectivity index is 2.69. The number of benzene rings is 1. The molecule has 21 heavy (non-hydrogen) atoms. The van der Waals surface area contributed by atoms with E-state index in [1.807, 2.05) is 6.92 Å². The van der Waals surface area contributed by atoms with Crippen molar-refractivity contribution >= 4 is 17.7 Å². The maximum atomic E-state index is 12.0. The average molecular weight is 316 g/mol. The van der Waals surface area contributed by atoms with Gasteiger partial charge in [-0.1, -0.05) is 17.9 Å². The molecule has 0 aliphatic carbocycles. The van der Waals surface area contributed by atoms with Gasteiger partial charge in [-0.05, 0) is 36.4 Å². The number of nitrogens with one attached hydrogen (secondary N) is 1. The summed E-state index contributed by atoms with van der Waals surface area (Å²) in [6, 6.07) is 5.08. The van der Waals surface area contributed by atoms with Crippen molar-refractivity contribution in [3.8, 4) is 11.8 Å². The van der Waals surface area contributed by atoms with Crippen molar-refractivity contribution in [3.63, 3.8) is 0 Å². The molecule has 0 aromatic heterocycles. The molecule has 1 aromatic carbocycles. The number of aryl methyl sites for hydroxylation is 1. The lowest BCUT2D eigenvalue weighted by molar-refractivity contribution is -0.0327. The lowest BCUT2D eigenvalue weighted by Crippen LogP contribution is -2.27. The second-order valence-electron chi connectivity index (χ2n) is 4.11. The van der Waals surface area contributed by atoms with Gasteiger partial charge < -0.3 is 11.1 Å². The smallest absolute Gasteiger partial charge is 0.351 e. The van der Waals surface area contributed by atoms with Crippen LogP contribution in [0.4, 0.5) is 13.2 Å². The Bertz CT molecular complexity index is 562. The maximum absolute atomic E-state index is 12.0. The van der Waals surface area contributed by atoms with Crippen LogP contribution in [0, 0.1) is 18.8 Å². The van der Waals surface area contributed by atoms with Crippen molar-refractivity contribution in [1.29, 1.82) is 0 Å². The van der Waals surface area contributed by atoms with Gasteiger partial charge in [-0.25, -0.2) is 0 Å². The molecule has 0 bridgehead atoms. The number of halogens is 3. The van der Waals surface area contributed by atoms with Crippen molar-refractivity contribution in [3.05, 3.63) is 34.9 Å². The number of hydrogen-bond acceptors (Lipinski definition) is 3. The van der Waals surface area contributed by atoms with Gasteiger partial charge in [-0.3, -0.25) is 4.79 Å². The van der Waals surface area contributed by atoms with Crippen LogP contribution in [0.25, 0.3) is 0 Å². The van der Waals surface area contributed by atoms with E-state index in [-0.39, 0.29) is 30.6 Å². The standard InChI is InChI=1S/C14H15F3N2OS/c1-10-4-5-12(11(9-10)3-2-6-18)13(20)19-7-8-21-14(15,16)17/h4-5,9H,6-8,18H2,1H3,(H,19,20). The zero-order chi connectivity index (χ0) is 15.9. The Morgan fingerprint density at radius 3 is 2.76 bits per heavy atom. The van der Waals surface area contributed by atoms with Crippen molar-refractivity contribution in [2.45, 2.75) is 12.4 Å². The predicted molar refractivity (Wildman–Crippen MR) is 78.0 cm³/mol. The van der Waals surface area contributed by atoms with Gasteiger partial charge in [0.2, 0.25) is 0 Å². The monoisotopic (exact) mass is 316 g/mol. The van der Waals surface area contributed by atoms with Crippen molar-refractivity contribution in [2.75, 3.05) is 18.8 Å². The van der Waals surface area contributed by atoms with Crippen molar-refractivity contribution in [2.24, 2.45) is 5.73 Å². The molecule has 3 N–H and O–H groups in total. The highest BCUT2D eigenvalue weighted by Crippen LogP contribution is 2.29. The van der Waals surface area contributed by atoms with Crippen LogP contribution < -0.4 is 11.1 Å². The first kappa shape index (κ1) is 17.4. The molecule has 1 aromatic rings. The van der Waals surface area contributed by atoms with E-state index in [4.69, 9.17) is 5.73 Å². The summed E-state index contributed by atoms with van der Waals surface area (Å²) in [5, 5.41) is 2.45. The molecular weight excluding hydrogens is 301 g/mol. The van der Waals surface area contributed by atoms with Crippen molar-refractivity contribution < 1.29 is 18.0 Å². The molecular formula is C14H15F3N2OS. The predicted octanol–water partition coefficient (Wildman–Crippen LogP) is 2.29. The summed E-state index contributed by atoms with van der Waals surface area (Å²) in [6.45, 7) is 1.95. The molecule has 114 valence electrons. The second kappa shape index (κ2) is 7.96.